The number of hydrogen-bond acceptors (Lipinski definition) is 4. The van der Waals surface area contributed by atoms with Gasteiger partial charge in [0, 0.05) is 25.6 Å². The fourth-order valence-corrected chi connectivity index (χ4v) is 4.23. The number of nitrogens with one attached hydrogen (secondary N) is 3. The molecule has 0 aromatic heterocycles. The zero-order valence-corrected chi connectivity index (χ0v) is 19.5. The maximum atomic E-state index is 13.5. The molecule has 1 aliphatic heterocycles. The molecule has 1 aliphatic carbocycles. The van der Waals surface area contributed by atoms with Crippen molar-refractivity contribution in [2.24, 2.45) is 23.0 Å². The summed E-state index contributed by atoms with van der Waals surface area (Å²) in [6.45, 7) is 10.3. The van der Waals surface area contributed by atoms with E-state index in [4.69, 9.17) is 5.73 Å². The number of rotatable bonds is 9. The number of likely N-dealkylation sites (tertiary alicyclic amines) is 1. The SMILES string of the molecule is CCNC(=O)NC(C(=O)N1CCC(C)C1C(=O)NC(CC(N)=O)CC1CC1)C(C)(C)C. The quantitative estimate of drug-likeness (QED) is 0.430. The van der Waals surface area contributed by atoms with Crippen LogP contribution < -0.4 is 21.7 Å². The first kappa shape index (κ1) is 24.9. The number of hydrogen-bond donors (Lipinski definition) is 4. The van der Waals surface area contributed by atoms with Crippen LogP contribution in [0, 0.1) is 17.3 Å². The lowest BCUT2D eigenvalue weighted by atomic mass is 9.85. The van der Waals surface area contributed by atoms with Crippen LogP contribution in [0.3, 0.4) is 0 Å². The van der Waals surface area contributed by atoms with E-state index < -0.39 is 29.4 Å². The van der Waals surface area contributed by atoms with Gasteiger partial charge in [0.1, 0.15) is 12.1 Å². The molecule has 2 fully saturated rings. The molecule has 4 unspecified atom stereocenters. The van der Waals surface area contributed by atoms with Gasteiger partial charge in [0.15, 0.2) is 0 Å². The van der Waals surface area contributed by atoms with Crippen molar-refractivity contribution in [2.75, 3.05) is 13.1 Å². The molecule has 31 heavy (non-hydrogen) atoms. The molecule has 2 rings (SSSR count). The first-order valence-electron chi connectivity index (χ1n) is 11.4. The minimum absolute atomic E-state index is 0.0239. The van der Waals surface area contributed by atoms with Crippen LogP contribution in [0.5, 0.6) is 0 Å². The third-order valence-corrected chi connectivity index (χ3v) is 6.09. The van der Waals surface area contributed by atoms with E-state index in [1.165, 1.54) is 0 Å². The minimum Gasteiger partial charge on any atom is -0.370 e. The van der Waals surface area contributed by atoms with Crippen molar-refractivity contribution in [3.63, 3.8) is 0 Å². The van der Waals surface area contributed by atoms with Gasteiger partial charge in [-0.3, -0.25) is 14.4 Å². The summed E-state index contributed by atoms with van der Waals surface area (Å²) in [6.07, 6.45) is 3.74. The Hall–Kier alpha value is -2.32. The number of amides is 5. The number of nitrogens with two attached hydrogens (primary N) is 1. The van der Waals surface area contributed by atoms with E-state index in [1.807, 2.05) is 27.7 Å². The fraction of sp³-hybridized carbons (Fsp3) is 0.818. The highest BCUT2D eigenvalue weighted by molar-refractivity contribution is 5.93. The van der Waals surface area contributed by atoms with Crippen molar-refractivity contribution < 1.29 is 19.2 Å². The molecule has 9 heteroatoms. The molecule has 0 radical (unpaired) electrons. The third-order valence-electron chi connectivity index (χ3n) is 6.09. The van der Waals surface area contributed by atoms with Crippen LogP contribution in [-0.2, 0) is 14.4 Å². The van der Waals surface area contributed by atoms with E-state index in [1.54, 1.807) is 11.8 Å². The lowest BCUT2D eigenvalue weighted by Gasteiger charge is -2.36. The maximum absolute atomic E-state index is 13.5. The zero-order chi connectivity index (χ0) is 23.3. The molecule has 2 aliphatic rings. The Bertz CT molecular complexity index is 686. The molecule has 9 nitrogen and oxygen atoms in total. The number of carbonyl (C=O) groups excluding carboxylic acids is 4. The van der Waals surface area contributed by atoms with E-state index >= 15 is 0 Å². The van der Waals surface area contributed by atoms with Gasteiger partial charge in [0.2, 0.25) is 17.7 Å². The highest BCUT2D eigenvalue weighted by Gasteiger charge is 2.45. The Morgan fingerprint density at radius 1 is 1.10 bits per heavy atom. The largest absolute Gasteiger partial charge is 0.370 e. The predicted molar refractivity (Wildman–Crippen MR) is 118 cm³/mol. The van der Waals surface area contributed by atoms with Gasteiger partial charge in [0.25, 0.3) is 0 Å². The topological polar surface area (TPSA) is 134 Å². The van der Waals surface area contributed by atoms with Crippen LogP contribution in [0.4, 0.5) is 4.79 Å². The lowest BCUT2D eigenvalue weighted by molar-refractivity contribution is -0.143. The molecule has 5 N–H and O–H groups in total. The normalized spacial score (nSPS) is 23.1. The average Bonchev–Trinajstić information content (AvgIpc) is 3.36. The van der Waals surface area contributed by atoms with Crippen molar-refractivity contribution in [1.82, 2.24) is 20.9 Å². The second-order valence-corrected chi connectivity index (χ2v) is 10.1. The first-order chi connectivity index (χ1) is 14.4. The third kappa shape index (κ3) is 7.11. The molecule has 0 spiro atoms. The van der Waals surface area contributed by atoms with Gasteiger partial charge in [-0.2, -0.15) is 0 Å². The van der Waals surface area contributed by atoms with Gasteiger partial charge in [0.05, 0.1) is 0 Å². The van der Waals surface area contributed by atoms with Gasteiger partial charge in [-0.05, 0) is 37.0 Å². The Morgan fingerprint density at radius 2 is 1.74 bits per heavy atom. The second-order valence-electron chi connectivity index (χ2n) is 10.1. The summed E-state index contributed by atoms with van der Waals surface area (Å²) in [5, 5.41) is 8.42. The Balaban J connectivity index is 2.15. The van der Waals surface area contributed by atoms with Gasteiger partial charge in [-0.15, -0.1) is 0 Å². The van der Waals surface area contributed by atoms with E-state index in [9.17, 15) is 19.2 Å². The molecule has 1 saturated carbocycles. The van der Waals surface area contributed by atoms with Crippen LogP contribution in [-0.4, -0.2) is 59.9 Å². The Labute approximate surface area is 185 Å². The summed E-state index contributed by atoms with van der Waals surface area (Å²) in [5.74, 6) is -0.468. The van der Waals surface area contributed by atoms with E-state index in [2.05, 4.69) is 16.0 Å². The number of nitrogens with zero attached hydrogens (tertiary/aromatic N) is 1. The van der Waals surface area contributed by atoms with Crippen LogP contribution in [0.15, 0.2) is 0 Å². The second kappa shape index (κ2) is 10.3. The Morgan fingerprint density at radius 3 is 2.26 bits per heavy atom. The summed E-state index contributed by atoms with van der Waals surface area (Å²) in [5.41, 5.74) is 4.85. The summed E-state index contributed by atoms with van der Waals surface area (Å²) in [4.78, 5) is 51.9. The highest BCUT2D eigenvalue weighted by atomic mass is 16.2. The number of carbonyl (C=O) groups is 4. The Kier molecular flexibility index (Phi) is 8.31. The lowest BCUT2D eigenvalue weighted by Crippen LogP contribution is -2.60. The molecule has 4 atom stereocenters. The summed E-state index contributed by atoms with van der Waals surface area (Å²) < 4.78 is 0. The zero-order valence-electron chi connectivity index (χ0n) is 19.5. The van der Waals surface area contributed by atoms with Crippen molar-refractivity contribution in [1.29, 1.82) is 0 Å². The number of primary amides is 1. The summed E-state index contributed by atoms with van der Waals surface area (Å²) in [6, 6.07) is -2.13. The molecule has 1 saturated heterocycles. The van der Waals surface area contributed by atoms with Crippen LogP contribution >= 0.6 is 0 Å². The monoisotopic (exact) mass is 437 g/mol. The van der Waals surface area contributed by atoms with Crippen LogP contribution in [0.2, 0.25) is 0 Å². The number of urea groups is 1. The summed E-state index contributed by atoms with van der Waals surface area (Å²) >= 11 is 0. The van der Waals surface area contributed by atoms with Crippen molar-refractivity contribution in [3.05, 3.63) is 0 Å². The molecule has 0 aromatic carbocycles. The van der Waals surface area contributed by atoms with E-state index in [0.29, 0.717) is 25.4 Å². The molecule has 5 amide bonds. The van der Waals surface area contributed by atoms with Crippen molar-refractivity contribution >= 4 is 23.8 Å². The van der Waals surface area contributed by atoms with Crippen molar-refractivity contribution in [2.45, 2.75) is 84.8 Å². The molecule has 0 bridgehead atoms. The maximum Gasteiger partial charge on any atom is 0.315 e. The van der Waals surface area contributed by atoms with Gasteiger partial charge in [-0.1, -0.05) is 40.5 Å². The molecule has 1 heterocycles. The molecular formula is C22H39N5O4. The predicted octanol–water partition coefficient (Wildman–Crippen LogP) is 1.12. The van der Waals surface area contributed by atoms with Crippen LogP contribution in [0.1, 0.15) is 66.7 Å². The van der Waals surface area contributed by atoms with Gasteiger partial charge in [-0.25, -0.2) is 4.79 Å². The van der Waals surface area contributed by atoms with Gasteiger partial charge < -0.3 is 26.6 Å². The first-order valence-corrected chi connectivity index (χ1v) is 11.4. The minimum atomic E-state index is -0.771. The molecule has 0 aromatic rings. The van der Waals surface area contributed by atoms with E-state index in [0.717, 1.165) is 19.3 Å². The van der Waals surface area contributed by atoms with Crippen LogP contribution in [0.25, 0.3) is 0 Å². The molecular weight excluding hydrogens is 398 g/mol. The smallest absolute Gasteiger partial charge is 0.315 e. The standard InChI is InChI=1S/C22H39N5O4/c1-6-24-21(31)26-18(22(3,4)5)20(30)27-10-9-13(2)17(27)19(29)25-15(12-16(23)28)11-14-7-8-14/h13-15,17-18H,6-12H2,1-5H3,(H2,23,28)(H,25,29)(H2,24,26,31). The van der Waals surface area contributed by atoms with Crippen molar-refractivity contribution in [3.8, 4) is 0 Å². The fourth-order valence-electron chi connectivity index (χ4n) is 4.23. The summed E-state index contributed by atoms with van der Waals surface area (Å²) in [7, 11) is 0. The molecule has 176 valence electrons. The van der Waals surface area contributed by atoms with Gasteiger partial charge >= 0.3 is 6.03 Å². The highest BCUT2D eigenvalue weighted by Crippen LogP contribution is 2.34. The average molecular weight is 438 g/mol. The van der Waals surface area contributed by atoms with E-state index in [-0.39, 0.29) is 30.2 Å².